The Hall–Kier alpha value is -0.570. The SMILES string of the molecule is C[C@@H]1CC[C@H](C(=O)OC(C)(C)C)[C@H](C)N1. The number of nitrogens with one attached hydrogen (secondary N) is 1. The summed E-state index contributed by atoms with van der Waals surface area (Å²) in [5.74, 6) is -0.0465. The molecule has 88 valence electrons. The van der Waals surface area contributed by atoms with Crippen LogP contribution in [-0.4, -0.2) is 23.7 Å². The standard InChI is InChI=1S/C12H23NO2/c1-8-6-7-10(9(2)13-8)11(14)15-12(3,4)5/h8-10,13H,6-7H2,1-5H3/t8-,9+,10+/m1/s1. The van der Waals surface area contributed by atoms with Crippen LogP contribution in [0.1, 0.15) is 47.5 Å². The van der Waals surface area contributed by atoms with E-state index in [1.807, 2.05) is 20.8 Å². The average molecular weight is 213 g/mol. The van der Waals surface area contributed by atoms with Gasteiger partial charge in [0.2, 0.25) is 0 Å². The number of carbonyl (C=O) groups excluding carboxylic acids is 1. The highest BCUT2D eigenvalue weighted by atomic mass is 16.6. The van der Waals surface area contributed by atoms with Crippen molar-refractivity contribution in [1.82, 2.24) is 5.32 Å². The van der Waals surface area contributed by atoms with Crippen LogP contribution in [0.3, 0.4) is 0 Å². The van der Waals surface area contributed by atoms with Crippen molar-refractivity contribution in [2.45, 2.75) is 65.1 Å². The Balaban J connectivity index is 2.53. The Morgan fingerprint density at radius 3 is 2.33 bits per heavy atom. The van der Waals surface area contributed by atoms with Crippen molar-refractivity contribution in [3.63, 3.8) is 0 Å². The monoisotopic (exact) mass is 213 g/mol. The van der Waals surface area contributed by atoms with E-state index in [1.165, 1.54) is 0 Å². The number of hydrogen-bond donors (Lipinski definition) is 1. The van der Waals surface area contributed by atoms with Gasteiger partial charge in [-0.05, 0) is 47.5 Å². The molecule has 1 fully saturated rings. The van der Waals surface area contributed by atoms with Crippen molar-refractivity contribution >= 4 is 5.97 Å². The molecule has 0 aliphatic carbocycles. The maximum atomic E-state index is 11.9. The van der Waals surface area contributed by atoms with Crippen molar-refractivity contribution < 1.29 is 9.53 Å². The number of ether oxygens (including phenoxy) is 1. The summed E-state index contributed by atoms with van der Waals surface area (Å²) in [5, 5.41) is 3.40. The molecule has 1 aliphatic heterocycles. The first kappa shape index (κ1) is 12.5. The highest BCUT2D eigenvalue weighted by molar-refractivity contribution is 5.73. The van der Waals surface area contributed by atoms with Gasteiger partial charge in [0.25, 0.3) is 0 Å². The molecule has 0 saturated carbocycles. The zero-order valence-corrected chi connectivity index (χ0v) is 10.5. The van der Waals surface area contributed by atoms with Crippen molar-refractivity contribution in [3.05, 3.63) is 0 Å². The first-order valence-corrected chi connectivity index (χ1v) is 5.78. The molecule has 0 aromatic carbocycles. The Labute approximate surface area is 92.6 Å². The molecule has 0 unspecified atom stereocenters. The molecule has 0 spiro atoms. The lowest BCUT2D eigenvalue weighted by molar-refractivity contribution is -0.162. The third-order valence-corrected chi connectivity index (χ3v) is 2.77. The molecule has 1 rings (SSSR count). The quantitative estimate of drug-likeness (QED) is 0.678. The smallest absolute Gasteiger partial charge is 0.311 e. The van der Waals surface area contributed by atoms with E-state index in [0.717, 1.165) is 12.8 Å². The van der Waals surface area contributed by atoms with Gasteiger partial charge in [0.1, 0.15) is 5.60 Å². The molecule has 0 aromatic heterocycles. The third-order valence-electron chi connectivity index (χ3n) is 2.77. The molecular formula is C12H23NO2. The second kappa shape index (κ2) is 4.52. The molecule has 0 amide bonds. The molecule has 3 atom stereocenters. The molecule has 1 saturated heterocycles. The molecule has 0 bridgehead atoms. The maximum Gasteiger partial charge on any atom is 0.311 e. The van der Waals surface area contributed by atoms with E-state index >= 15 is 0 Å². The predicted molar refractivity (Wildman–Crippen MR) is 60.6 cm³/mol. The van der Waals surface area contributed by atoms with Gasteiger partial charge in [-0.3, -0.25) is 4.79 Å². The molecule has 15 heavy (non-hydrogen) atoms. The van der Waals surface area contributed by atoms with Crippen molar-refractivity contribution in [1.29, 1.82) is 0 Å². The van der Waals surface area contributed by atoms with Gasteiger partial charge in [-0.2, -0.15) is 0 Å². The lowest BCUT2D eigenvalue weighted by Crippen LogP contribution is -2.48. The largest absolute Gasteiger partial charge is 0.460 e. The normalized spacial score (nSPS) is 32.5. The summed E-state index contributed by atoms with van der Waals surface area (Å²) >= 11 is 0. The van der Waals surface area contributed by atoms with Crippen LogP contribution in [0.15, 0.2) is 0 Å². The van der Waals surface area contributed by atoms with E-state index in [2.05, 4.69) is 19.2 Å². The Morgan fingerprint density at radius 1 is 1.27 bits per heavy atom. The van der Waals surface area contributed by atoms with Gasteiger partial charge >= 0.3 is 5.97 Å². The molecule has 1 heterocycles. The van der Waals surface area contributed by atoms with Gasteiger partial charge in [-0.15, -0.1) is 0 Å². The van der Waals surface area contributed by atoms with E-state index in [9.17, 15) is 4.79 Å². The fraction of sp³-hybridized carbons (Fsp3) is 0.917. The lowest BCUT2D eigenvalue weighted by Gasteiger charge is -2.34. The van der Waals surface area contributed by atoms with Crippen LogP contribution in [0, 0.1) is 5.92 Å². The number of hydrogen-bond acceptors (Lipinski definition) is 3. The molecule has 0 aromatic rings. The van der Waals surface area contributed by atoms with Crippen molar-refractivity contribution in [3.8, 4) is 0 Å². The highest BCUT2D eigenvalue weighted by Gasteiger charge is 2.33. The zero-order chi connectivity index (χ0) is 11.6. The van der Waals surface area contributed by atoms with E-state index in [0.29, 0.717) is 6.04 Å². The van der Waals surface area contributed by atoms with Crippen LogP contribution in [0.25, 0.3) is 0 Å². The van der Waals surface area contributed by atoms with Gasteiger partial charge in [0, 0.05) is 12.1 Å². The van der Waals surface area contributed by atoms with Crippen molar-refractivity contribution in [2.24, 2.45) is 5.92 Å². The van der Waals surface area contributed by atoms with Gasteiger partial charge < -0.3 is 10.1 Å². The summed E-state index contributed by atoms with van der Waals surface area (Å²) in [7, 11) is 0. The van der Waals surface area contributed by atoms with Gasteiger partial charge in [-0.1, -0.05) is 0 Å². The molecule has 1 aliphatic rings. The fourth-order valence-electron chi connectivity index (χ4n) is 2.03. The van der Waals surface area contributed by atoms with E-state index < -0.39 is 0 Å². The lowest BCUT2D eigenvalue weighted by atomic mass is 9.89. The average Bonchev–Trinajstić information content (AvgIpc) is 1.99. The Morgan fingerprint density at radius 2 is 1.87 bits per heavy atom. The summed E-state index contributed by atoms with van der Waals surface area (Å²) in [4.78, 5) is 11.9. The van der Waals surface area contributed by atoms with Crippen LogP contribution < -0.4 is 5.32 Å². The molecular weight excluding hydrogens is 190 g/mol. The summed E-state index contributed by atoms with van der Waals surface area (Å²) in [6.45, 7) is 9.95. The van der Waals surface area contributed by atoms with E-state index in [1.54, 1.807) is 0 Å². The summed E-state index contributed by atoms with van der Waals surface area (Å²) in [6, 6.07) is 0.738. The number of rotatable bonds is 1. The summed E-state index contributed by atoms with van der Waals surface area (Å²) in [6.07, 6.45) is 1.98. The summed E-state index contributed by atoms with van der Waals surface area (Å²) in [5.41, 5.74) is -0.375. The van der Waals surface area contributed by atoms with E-state index in [-0.39, 0.29) is 23.5 Å². The zero-order valence-electron chi connectivity index (χ0n) is 10.5. The van der Waals surface area contributed by atoms with Crippen LogP contribution >= 0.6 is 0 Å². The van der Waals surface area contributed by atoms with Gasteiger partial charge in [0.15, 0.2) is 0 Å². The first-order chi connectivity index (χ1) is 6.79. The number of carbonyl (C=O) groups is 1. The fourth-order valence-corrected chi connectivity index (χ4v) is 2.03. The van der Waals surface area contributed by atoms with Crippen LogP contribution in [-0.2, 0) is 9.53 Å². The minimum absolute atomic E-state index is 0.0143. The number of piperidine rings is 1. The highest BCUT2D eigenvalue weighted by Crippen LogP contribution is 2.23. The second-order valence-electron chi connectivity index (χ2n) is 5.57. The third kappa shape index (κ3) is 3.82. The molecule has 0 radical (unpaired) electrons. The Bertz CT molecular complexity index is 232. The predicted octanol–water partition coefficient (Wildman–Crippen LogP) is 2.10. The minimum atomic E-state index is -0.375. The molecule has 3 heteroatoms. The second-order valence-corrected chi connectivity index (χ2v) is 5.57. The Kier molecular flexibility index (Phi) is 3.77. The van der Waals surface area contributed by atoms with Crippen LogP contribution in [0.5, 0.6) is 0 Å². The van der Waals surface area contributed by atoms with Crippen LogP contribution in [0.2, 0.25) is 0 Å². The molecule has 3 nitrogen and oxygen atoms in total. The minimum Gasteiger partial charge on any atom is -0.460 e. The van der Waals surface area contributed by atoms with Gasteiger partial charge in [-0.25, -0.2) is 0 Å². The summed E-state index contributed by atoms with van der Waals surface area (Å²) < 4.78 is 5.40. The first-order valence-electron chi connectivity index (χ1n) is 5.78. The molecule has 1 N–H and O–H groups in total. The topological polar surface area (TPSA) is 38.3 Å². The van der Waals surface area contributed by atoms with Crippen LogP contribution in [0.4, 0.5) is 0 Å². The van der Waals surface area contributed by atoms with Crippen molar-refractivity contribution in [2.75, 3.05) is 0 Å². The van der Waals surface area contributed by atoms with E-state index in [4.69, 9.17) is 4.74 Å². The number of esters is 1. The van der Waals surface area contributed by atoms with Gasteiger partial charge in [0.05, 0.1) is 5.92 Å². The maximum absolute atomic E-state index is 11.9.